The van der Waals surface area contributed by atoms with Gasteiger partial charge in [-0.3, -0.25) is 4.79 Å². The van der Waals surface area contributed by atoms with Gasteiger partial charge in [0.1, 0.15) is 0 Å². The third-order valence-corrected chi connectivity index (χ3v) is 5.95. The summed E-state index contributed by atoms with van der Waals surface area (Å²) >= 11 is 5.84. The minimum absolute atomic E-state index is 0.00714. The monoisotopic (exact) mass is 384 g/mol. The zero-order valence-corrected chi connectivity index (χ0v) is 14.3. The van der Waals surface area contributed by atoms with Gasteiger partial charge in [0.25, 0.3) is 0 Å². The number of rotatable bonds is 4. The molecule has 1 unspecified atom stereocenters. The zero-order valence-electron chi connectivity index (χ0n) is 12.7. The van der Waals surface area contributed by atoms with Gasteiger partial charge in [-0.25, -0.2) is 8.42 Å². The number of carbonyl (C=O) groups is 1. The van der Waals surface area contributed by atoms with E-state index in [1.807, 2.05) is 0 Å². The Morgan fingerprint density at radius 1 is 1.42 bits per heavy atom. The molecule has 0 aliphatic carbocycles. The molecule has 0 radical (unpaired) electrons. The molecule has 1 aromatic carbocycles. The molecule has 0 saturated carbocycles. The van der Waals surface area contributed by atoms with Crippen molar-refractivity contribution in [3.05, 3.63) is 28.8 Å². The second kappa shape index (κ2) is 6.79. The van der Waals surface area contributed by atoms with Crippen LogP contribution in [0.3, 0.4) is 0 Å². The second-order valence-corrected chi connectivity index (χ2v) is 8.24. The predicted molar refractivity (Wildman–Crippen MR) is 84.8 cm³/mol. The van der Waals surface area contributed by atoms with E-state index in [9.17, 15) is 26.4 Å². The molecule has 0 aromatic heterocycles. The number of alkyl halides is 3. The average Bonchev–Trinajstić information content (AvgIpc) is 2.84. The van der Waals surface area contributed by atoms with Gasteiger partial charge in [0.15, 0.2) is 9.84 Å². The van der Waals surface area contributed by atoms with Crippen LogP contribution in [-0.4, -0.2) is 50.4 Å². The Bertz CT molecular complexity index is 737. The minimum atomic E-state index is -4.51. The number of nitrogens with zero attached hydrogens (tertiary/aromatic N) is 1. The van der Waals surface area contributed by atoms with Gasteiger partial charge in [0.05, 0.1) is 34.3 Å². The topological polar surface area (TPSA) is 66.5 Å². The van der Waals surface area contributed by atoms with Crippen LogP contribution in [-0.2, 0) is 20.8 Å². The molecule has 10 heteroatoms. The number of amides is 1. The second-order valence-electron chi connectivity index (χ2n) is 5.61. The van der Waals surface area contributed by atoms with Crippen LogP contribution in [0.5, 0.6) is 0 Å². The number of carbonyl (C=O) groups excluding carboxylic acids is 1. The minimum Gasteiger partial charge on any atom is -0.375 e. The predicted octanol–water partition coefficient (Wildman–Crippen LogP) is 2.42. The molecule has 134 valence electrons. The Labute approximate surface area is 142 Å². The van der Waals surface area contributed by atoms with E-state index in [1.54, 1.807) is 0 Å². The van der Waals surface area contributed by atoms with E-state index in [0.29, 0.717) is 6.42 Å². The van der Waals surface area contributed by atoms with E-state index in [4.69, 9.17) is 11.6 Å². The molecule has 24 heavy (non-hydrogen) atoms. The van der Waals surface area contributed by atoms with Gasteiger partial charge in [-0.2, -0.15) is 13.2 Å². The van der Waals surface area contributed by atoms with Gasteiger partial charge >= 0.3 is 6.18 Å². The molecule has 2 rings (SSSR count). The molecule has 1 aliphatic heterocycles. The summed E-state index contributed by atoms with van der Waals surface area (Å²) in [5.41, 5.74) is -0.885. The largest absolute Gasteiger partial charge is 0.416 e. The first-order valence-electron chi connectivity index (χ1n) is 7.06. The molecule has 1 amide bonds. The number of nitrogens with one attached hydrogen (secondary N) is 1. The van der Waals surface area contributed by atoms with Crippen LogP contribution in [0.25, 0.3) is 0 Å². The third kappa shape index (κ3) is 4.54. The zero-order chi connectivity index (χ0) is 18.1. The van der Waals surface area contributed by atoms with E-state index < -0.39 is 33.5 Å². The Morgan fingerprint density at radius 2 is 2.08 bits per heavy atom. The Hall–Kier alpha value is -1.48. The van der Waals surface area contributed by atoms with Crippen molar-refractivity contribution < 1.29 is 26.4 Å². The Morgan fingerprint density at radius 3 is 2.62 bits per heavy atom. The number of benzene rings is 1. The quantitative estimate of drug-likeness (QED) is 0.865. The molecule has 1 fully saturated rings. The summed E-state index contributed by atoms with van der Waals surface area (Å²) < 4.78 is 61.0. The summed E-state index contributed by atoms with van der Waals surface area (Å²) in [6, 6.07) is 2.37. The third-order valence-electron chi connectivity index (χ3n) is 3.87. The van der Waals surface area contributed by atoms with Crippen molar-refractivity contribution in [1.82, 2.24) is 4.90 Å². The van der Waals surface area contributed by atoms with E-state index in [2.05, 4.69) is 5.32 Å². The summed E-state index contributed by atoms with van der Waals surface area (Å²) in [5, 5.41) is 2.64. The van der Waals surface area contributed by atoms with Gasteiger partial charge in [0.2, 0.25) is 5.91 Å². The summed E-state index contributed by atoms with van der Waals surface area (Å²) in [6.07, 6.45) is -4.16. The SMILES string of the molecule is CN(C(=O)CNc1cc(C(F)(F)F)ccc1Cl)C1CCS(=O)(=O)C1. The van der Waals surface area contributed by atoms with Gasteiger partial charge in [-0.1, -0.05) is 11.6 Å². The molecule has 1 heterocycles. The number of halogens is 4. The number of anilines is 1. The molecule has 5 nitrogen and oxygen atoms in total. The van der Waals surface area contributed by atoms with E-state index in [1.165, 1.54) is 11.9 Å². The highest BCUT2D eigenvalue weighted by Crippen LogP contribution is 2.33. The summed E-state index contributed by atoms with van der Waals surface area (Å²) in [6.45, 7) is -0.284. The highest BCUT2D eigenvalue weighted by Gasteiger charge is 2.33. The molecule has 1 aliphatic rings. The van der Waals surface area contributed by atoms with Crippen molar-refractivity contribution in [2.45, 2.75) is 18.6 Å². The summed E-state index contributed by atoms with van der Waals surface area (Å²) in [5.74, 6) is -0.493. The van der Waals surface area contributed by atoms with E-state index >= 15 is 0 Å². The van der Waals surface area contributed by atoms with Gasteiger partial charge in [-0.15, -0.1) is 0 Å². The number of hydrogen-bond acceptors (Lipinski definition) is 4. The lowest BCUT2D eigenvalue weighted by atomic mass is 10.2. The lowest BCUT2D eigenvalue weighted by molar-refractivity contribution is -0.137. The van der Waals surface area contributed by atoms with E-state index in [-0.39, 0.29) is 28.8 Å². The van der Waals surface area contributed by atoms with Crippen molar-refractivity contribution in [3.63, 3.8) is 0 Å². The fourth-order valence-corrected chi connectivity index (χ4v) is 4.38. The maximum atomic E-state index is 12.7. The van der Waals surface area contributed by atoms with Crippen LogP contribution < -0.4 is 5.32 Å². The lowest BCUT2D eigenvalue weighted by Gasteiger charge is -2.24. The van der Waals surface area contributed by atoms with Crippen molar-refractivity contribution in [1.29, 1.82) is 0 Å². The first kappa shape index (κ1) is 18.9. The molecule has 1 atom stereocenters. The maximum absolute atomic E-state index is 12.7. The first-order chi connectivity index (χ1) is 11.0. The van der Waals surface area contributed by atoms with Crippen LogP contribution in [0.1, 0.15) is 12.0 Å². The van der Waals surface area contributed by atoms with Gasteiger partial charge in [-0.05, 0) is 24.6 Å². The molecule has 0 bridgehead atoms. The fraction of sp³-hybridized carbons (Fsp3) is 0.500. The van der Waals surface area contributed by atoms with Crippen LogP contribution in [0.4, 0.5) is 18.9 Å². The number of hydrogen-bond donors (Lipinski definition) is 1. The average molecular weight is 385 g/mol. The summed E-state index contributed by atoms with van der Waals surface area (Å²) in [4.78, 5) is 13.4. The highest BCUT2D eigenvalue weighted by atomic mass is 35.5. The van der Waals surface area contributed by atoms with E-state index in [0.717, 1.165) is 18.2 Å². The smallest absolute Gasteiger partial charge is 0.375 e. The molecule has 1 N–H and O–H groups in total. The molecular weight excluding hydrogens is 369 g/mol. The van der Waals surface area contributed by atoms with Crippen molar-refractivity contribution >= 4 is 33.0 Å². The molecular formula is C14H16ClF3N2O3S. The van der Waals surface area contributed by atoms with Crippen molar-refractivity contribution in [3.8, 4) is 0 Å². The van der Waals surface area contributed by atoms with Crippen molar-refractivity contribution in [2.75, 3.05) is 30.4 Å². The molecule has 0 spiro atoms. The fourth-order valence-electron chi connectivity index (χ4n) is 2.42. The normalized spacial score (nSPS) is 20.0. The Balaban J connectivity index is 2.01. The summed E-state index contributed by atoms with van der Waals surface area (Å²) in [7, 11) is -1.65. The van der Waals surface area contributed by atoms with Crippen LogP contribution in [0.15, 0.2) is 18.2 Å². The number of sulfone groups is 1. The Kier molecular flexibility index (Phi) is 5.34. The van der Waals surface area contributed by atoms with Crippen LogP contribution >= 0.6 is 11.6 Å². The number of likely N-dealkylation sites (N-methyl/N-ethyl adjacent to an activating group) is 1. The molecule has 1 saturated heterocycles. The maximum Gasteiger partial charge on any atom is 0.416 e. The van der Waals surface area contributed by atoms with Crippen molar-refractivity contribution in [2.24, 2.45) is 0 Å². The van der Waals surface area contributed by atoms with Crippen LogP contribution in [0.2, 0.25) is 5.02 Å². The standard InChI is InChI=1S/C14H16ClF3N2O3S/c1-20(10-4-5-24(22,23)8-10)13(21)7-19-12-6-9(14(16,17)18)2-3-11(12)15/h2-3,6,10,19H,4-5,7-8H2,1H3. The van der Waals surface area contributed by atoms with Gasteiger partial charge in [0, 0.05) is 13.1 Å². The van der Waals surface area contributed by atoms with Crippen LogP contribution in [0, 0.1) is 0 Å². The van der Waals surface area contributed by atoms with Gasteiger partial charge < -0.3 is 10.2 Å². The first-order valence-corrected chi connectivity index (χ1v) is 9.26. The highest BCUT2D eigenvalue weighted by molar-refractivity contribution is 7.91. The molecule has 1 aromatic rings. The lowest BCUT2D eigenvalue weighted by Crippen LogP contribution is -2.40.